The van der Waals surface area contributed by atoms with E-state index in [0.717, 1.165) is 0 Å². The fourth-order valence-electron chi connectivity index (χ4n) is 1.82. The molecular weight excluding hydrogens is 242 g/mol. The van der Waals surface area contributed by atoms with Gasteiger partial charge in [-0.2, -0.15) is 4.98 Å². The van der Waals surface area contributed by atoms with Crippen LogP contribution in [0.1, 0.15) is 25.7 Å². The van der Waals surface area contributed by atoms with Crippen LogP contribution in [-0.2, 0) is 0 Å². The number of aromatic amines is 1. The molecule has 0 fully saturated rings. The Morgan fingerprint density at radius 1 is 1.26 bits per heavy atom. The Morgan fingerprint density at radius 2 is 1.89 bits per heavy atom. The molecule has 5 heteroatoms. The Kier molecular flexibility index (Phi) is 3.66. The van der Waals surface area contributed by atoms with Gasteiger partial charge in [0.15, 0.2) is 0 Å². The first kappa shape index (κ1) is 13.3. The summed E-state index contributed by atoms with van der Waals surface area (Å²) in [5.74, 6) is 0.128. The van der Waals surface area contributed by atoms with Crippen molar-refractivity contribution in [2.24, 2.45) is 11.7 Å². The molecule has 5 nitrogen and oxygen atoms in total. The average molecular weight is 259 g/mol. The average Bonchev–Trinajstić information content (AvgIpc) is 2.38. The third kappa shape index (κ3) is 2.66. The molecule has 19 heavy (non-hydrogen) atoms. The minimum absolute atomic E-state index is 0.116. The number of hydrogen-bond donors (Lipinski definition) is 3. The van der Waals surface area contributed by atoms with E-state index in [4.69, 9.17) is 5.73 Å². The van der Waals surface area contributed by atoms with E-state index in [0.29, 0.717) is 11.4 Å². The van der Waals surface area contributed by atoms with E-state index in [1.807, 2.05) is 19.9 Å². The molecule has 2 rings (SSSR count). The number of rotatable bonds is 3. The van der Waals surface area contributed by atoms with Crippen LogP contribution in [0.4, 0.5) is 0 Å². The highest BCUT2D eigenvalue weighted by atomic mass is 16.3. The van der Waals surface area contributed by atoms with Crippen LogP contribution in [-0.4, -0.2) is 15.1 Å². The summed E-state index contributed by atoms with van der Waals surface area (Å²) in [5, 5.41) is 9.97. The van der Waals surface area contributed by atoms with Gasteiger partial charge in [-0.05, 0) is 11.5 Å². The number of hydrogen-bond acceptors (Lipinski definition) is 4. The molecule has 1 heterocycles. The topological polar surface area (TPSA) is 92.0 Å². The van der Waals surface area contributed by atoms with Crippen LogP contribution in [0.15, 0.2) is 35.1 Å². The van der Waals surface area contributed by atoms with Crippen molar-refractivity contribution < 1.29 is 5.11 Å². The summed E-state index contributed by atoms with van der Waals surface area (Å²) in [6, 6.07) is 8.50. The van der Waals surface area contributed by atoms with Crippen molar-refractivity contribution in [1.29, 1.82) is 0 Å². The van der Waals surface area contributed by atoms with Crippen LogP contribution in [0, 0.1) is 5.92 Å². The minimum atomic E-state index is -0.413. The van der Waals surface area contributed by atoms with Crippen molar-refractivity contribution in [3.8, 4) is 17.0 Å². The van der Waals surface area contributed by atoms with E-state index in [2.05, 4.69) is 9.97 Å². The molecule has 1 unspecified atom stereocenters. The van der Waals surface area contributed by atoms with Crippen molar-refractivity contribution in [3.63, 3.8) is 0 Å². The van der Waals surface area contributed by atoms with Gasteiger partial charge in [0.25, 0.3) is 5.56 Å². The molecule has 0 radical (unpaired) electrons. The Hall–Kier alpha value is -2.14. The molecular formula is C14H17N3O2. The summed E-state index contributed by atoms with van der Waals surface area (Å²) < 4.78 is 0. The third-order valence-electron chi connectivity index (χ3n) is 3.02. The lowest BCUT2D eigenvalue weighted by Gasteiger charge is -2.15. The highest BCUT2D eigenvalue weighted by Gasteiger charge is 2.18. The number of aromatic nitrogens is 2. The summed E-state index contributed by atoms with van der Waals surface area (Å²) in [7, 11) is 0. The lowest BCUT2D eigenvalue weighted by Crippen LogP contribution is -2.24. The van der Waals surface area contributed by atoms with Crippen molar-refractivity contribution >= 4 is 0 Å². The molecule has 0 spiro atoms. The van der Waals surface area contributed by atoms with Crippen LogP contribution in [0.2, 0.25) is 0 Å². The second-order valence-electron chi connectivity index (χ2n) is 4.79. The summed E-state index contributed by atoms with van der Waals surface area (Å²) in [6.45, 7) is 3.85. The first-order valence-corrected chi connectivity index (χ1v) is 6.15. The number of nitrogens with two attached hydrogens (primary N) is 1. The van der Waals surface area contributed by atoms with Crippen molar-refractivity contribution in [2.75, 3.05) is 0 Å². The molecule has 0 bridgehead atoms. The predicted octanol–water partition coefficient (Wildman–Crippen LogP) is 1.80. The van der Waals surface area contributed by atoms with E-state index >= 15 is 0 Å². The predicted molar refractivity (Wildman–Crippen MR) is 73.7 cm³/mol. The molecule has 0 aliphatic carbocycles. The summed E-state index contributed by atoms with van der Waals surface area (Å²) in [4.78, 5) is 18.7. The van der Waals surface area contributed by atoms with Gasteiger partial charge in [0.1, 0.15) is 11.4 Å². The zero-order chi connectivity index (χ0) is 14.0. The SMILES string of the molecule is CC(C)C(N)c1nc(O)c(-c2ccccc2)c(=O)[nH]1. The standard InChI is InChI=1S/C14H17N3O2/c1-8(2)11(15)12-16-13(18)10(14(19)17-12)9-6-4-3-5-7-9/h3-8,11H,15H2,1-2H3,(H2,16,17,18,19). The second kappa shape index (κ2) is 5.24. The van der Waals surface area contributed by atoms with E-state index in [1.54, 1.807) is 24.3 Å². The second-order valence-corrected chi connectivity index (χ2v) is 4.79. The summed E-state index contributed by atoms with van der Waals surface area (Å²) >= 11 is 0. The first-order chi connectivity index (χ1) is 9.00. The molecule has 1 aromatic heterocycles. The summed E-state index contributed by atoms with van der Waals surface area (Å²) in [6.07, 6.45) is 0. The molecule has 4 N–H and O–H groups in total. The van der Waals surface area contributed by atoms with Gasteiger partial charge in [-0.3, -0.25) is 4.79 Å². The smallest absolute Gasteiger partial charge is 0.262 e. The normalized spacial score (nSPS) is 12.6. The molecule has 0 aliphatic rings. The molecule has 1 atom stereocenters. The monoisotopic (exact) mass is 259 g/mol. The van der Waals surface area contributed by atoms with Gasteiger partial charge in [-0.15, -0.1) is 0 Å². The van der Waals surface area contributed by atoms with Crippen molar-refractivity contribution in [2.45, 2.75) is 19.9 Å². The largest absolute Gasteiger partial charge is 0.493 e. The summed E-state index contributed by atoms with van der Waals surface area (Å²) in [5.41, 5.74) is 6.33. The Balaban J connectivity index is 2.53. The fourth-order valence-corrected chi connectivity index (χ4v) is 1.82. The molecule has 100 valence electrons. The van der Waals surface area contributed by atoms with E-state index in [9.17, 15) is 9.90 Å². The highest BCUT2D eigenvalue weighted by molar-refractivity contribution is 5.66. The third-order valence-corrected chi connectivity index (χ3v) is 3.02. The van der Waals surface area contributed by atoms with Crippen LogP contribution >= 0.6 is 0 Å². The Morgan fingerprint density at radius 3 is 2.42 bits per heavy atom. The van der Waals surface area contributed by atoms with Gasteiger partial charge in [0.05, 0.1) is 6.04 Å². The molecule has 2 aromatic rings. The lowest BCUT2D eigenvalue weighted by molar-refractivity contribution is 0.433. The van der Waals surface area contributed by atoms with Crippen LogP contribution < -0.4 is 11.3 Å². The molecule has 0 saturated carbocycles. The van der Waals surface area contributed by atoms with Crippen LogP contribution in [0.5, 0.6) is 5.88 Å². The number of nitrogens with zero attached hydrogens (tertiary/aromatic N) is 1. The van der Waals surface area contributed by atoms with Gasteiger partial charge in [0.2, 0.25) is 5.88 Å². The van der Waals surface area contributed by atoms with E-state index < -0.39 is 6.04 Å². The van der Waals surface area contributed by atoms with Gasteiger partial charge in [-0.1, -0.05) is 44.2 Å². The first-order valence-electron chi connectivity index (χ1n) is 6.15. The minimum Gasteiger partial charge on any atom is -0.493 e. The zero-order valence-electron chi connectivity index (χ0n) is 10.9. The molecule has 0 amide bonds. The van der Waals surface area contributed by atoms with Gasteiger partial charge in [0, 0.05) is 0 Å². The lowest BCUT2D eigenvalue weighted by atomic mass is 10.0. The molecule has 0 saturated heterocycles. The Labute approximate surface area is 111 Å². The molecule has 1 aromatic carbocycles. The number of benzene rings is 1. The number of aromatic hydroxyl groups is 1. The maximum Gasteiger partial charge on any atom is 0.262 e. The highest BCUT2D eigenvalue weighted by Crippen LogP contribution is 2.24. The number of H-pyrrole nitrogens is 1. The molecule has 0 aliphatic heterocycles. The fraction of sp³-hybridized carbons (Fsp3) is 0.286. The maximum atomic E-state index is 12.1. The van der Waals surface area contributed by atoms with Gasteiger partial charge in [-0.25, -0.2) is 0 Å². The van der Waals surface area contributed by atoms with E-state index in [1.165, 1.54) is 0 Å². The quantitative estimate of drug-likeness (QED) is 0.783. The number of nitrogens with one attached hydrogen (secondary N) is 1. The van der Waals surface area contributed by atoms with Gasteiger partial charge >= 0.3 is 0 Å². The zero-order valence-corrected chi connectivity index (χ0v) is 10.9. The van der Waals surface area contributed by atoms with Gasteiger partial charge < -0.3 is 15.8 Å². The van der Waals surface area contributed by atoms with Crippen LogP contribution in [0.3, 0.4) is 0 Å². The Bertz CT molecular complexity index is 620. The van der Waals surface area contributed by atoms with Crippen molar-refractivity contribution in [3.05, 3.63) is 46.5 Å². The van der Waals surface area contributed by atoms with Crippen molar-refractivity contribution in [1.82, 2.24) is 9.97 Å². The van der Waals surface area contributed by atoms with E-state index in [-0.39, 0.29) is 22.9 Å². The van der Waals surface area contributed by atoms with Crippen LogP contribution in [0.25, 0.3) is 11.1 Å². The maximum absolute atomic E-state index is 12.1.